The zero-order valence-corrected chi connectivity index (χ0v) is 7.91. The Bertz CT molecular complexity index is 437. The summed E-state index contributed by atoms with van der Waals surface area (Å²) < 4.78 is 0. The summed E-state index contributed by atoms with van der Waals surface area (Å²) in [6.45, 7) is 2.78. The molecule has 0 aliphatic carbocycles. The summed E-state index contributed by atoms with van der Waals surface area (Å²) in [4.78, 5) is 11.2. The second kappa shape index (κ2) is 3.63. The van der Waals surface area contributed by atoms with Crippen LogP contribution in [0, 0.1) is 0 Å². The Morgan fingerprint density at radius 2 is 2.36 bits per heavy atom. The Kier molecular flexibility index (Phi) is 2.32. The van der Waals surface area contributed by atoms with Gasteiger partial charge in [-0.15, -0.1) is 0 Å². The van der Waals surface area contributed by atoms with Gasteiger partial charge in [-0.1, -0.05) is 0 Å². The first-order valence-electron chi connectivity index (χ1n) is 4.52. The van der Waals surface area contributed by atoms with Crippen LogP contribution in [0.15, 0.2) is 12.5 Å². The van der Waals surface area contributed by atoms with Crippen LogP contribution in [0.4, 0.5) is 5.82 Å². The second-order valence-corrected chi connectivity index (χ2v) is 2.95. The molecule has 3 N–H and O–H groups in total. The third-order valence-corrected chi connectivity index (χ3v) is 2.07. The molecule has 2 heterocycles. The van der Waals surface area contributed by atoms with Crippen molar-refractivity contribution in [2.24, 2.45) is 0 Å². The molecule has 0 saturated heterocycles. The molecular formula is C9H12N4O. The minimum absolute atomic E-state index is 0.00817. The van der Waals surface area contributed by atoms with Crippen molar-refractivity contribution in [1.82, 2.24) is 15.0 Å². The van der Waals surface area contributed by atoms with Crippen LogP contribution < -0.4 is 5.32 Å². The summed E-state index contributed by atoms with van der Waals surface area (Å²) in [5.41, 5.74) is 1.57. The van der Waals surface area contributed by atoms with Crippen LogP contribution in [0.3, 0.4) is 0 Å². The van der Waals surface area contributed by atoms with Gasteiger partial charge in [0.25, 0.3) is 0 Å². The number of fused-ring (bicyclic) bond motifs is 1. The first-order chi connectivity index (χ1) is 6.86. The molecule has 74 valence electrons. The van der Waals surface area contributed by atoms with Gasteiger partial charge >= 0.3 is 0 Å². The summed E-state index contributed by atoms with van der Waals surface area (Å²) in [6, 6.07) is 0. The van der Waals surface area contributed by atoms with Crippen molar-refractivity contribution in [3.8, 4) is 0 Å². The predicted octanol–water partition coefficient (Wildman–Crippen LogP) is 0.882. The van der Waals surface area contributed by atoms with Crippen molar-refractivity contribution in [2.45, 2.75) is 13.5 Å². The smallest absolute Gasteiger partial charge is 0.143 e. The van der Waals surface area contributed by atoms with E-state index in [1.165, 1.54) is 6.33 Å². The zero-order chi connectivity index (χ0) is 9.97. The van der Waals surface area contributed by atoms with Crippen LogP contribution in [0.2, 0.25) is 0 Å². The maximum atomic E-state index is 9.11. The molecule has 0 aromatic carbocycles. The molecule has 0 amide bonds. The average Bonchev–Trinajstić information content (AvgIpc) is 2.62. The summed E-state index contributed by atoms with van der Waals surface area (Å²) >= 11 is 0. The van der Waals surface area contributed by atoms with Gasteiger partial charge in [0.05, 0.1) is 12.0 Å². The predicted molar refractivity (Wildman–Crippen MR) is 54.0 cm³/mol. The summed E-state index contributed by atoms with van der Waals surface area (Å²) in [6.07, 6.45) is 3.25. The number of nitrogens with zero attached hydrogens (tertiary/aromatic N) is 2. The van der Waals surface area contributed by atoms with Gasteiger partial charge in [0.15, 0.2) is 0 Å². The van der Waals surface area contributed by atoms with Crippen LogP contribution in [0.25, 0.3) is 11.0 Å². The first kappa shape index (κ1) is 8.96. The quantitative estimate of drug-likeness (QED) is 0.675. The van der Waals surface area contributed by atoms with Crippen molar-refractivity contribution in [1.29, 1.82) is 0 Å². The number of H-pyrrole nitrogens is 1. The Morgan fingerprint density at radius 3 is 3.07 bits per heavy atom. The third-order valence-electron chi connectivity index (χ3n) is 2.07. The maximum absolute atomic E-state index is 9.11. The van der Waals surface area contributed by atoms with Gasteiger partial charge in [0, 0.05) is 18.3 Å². The van der Waals surface area contributed by atoms with Crippen molar-refractivity contribution >= 4 is 16.9 Å². The molecule has 0 unspecified atom stereocenters. The minimum Gasteiger partial charge on any atom is -0.392 e. The molecule has 5 nitrogen and oxygen atoms in total. The van der Waals surface area contributed by atoms with E-state index in [0.717, 1.165) is 29.0 Å². The number of anilines is 1. The fourth-order valence-electron chi connectivity index (χ4n) is 1.45. The number of aliphatic hydroxyl groups is 1. The molecule has 2 rings (SSSR count). The zero-order valence-electron chi connectivity index (χ0n) is 7.91. The van der Waals surface area contributed by atoms with Gasteiger partial charge in [0.2, 0.25) is 0 Å². The normalized spacial score (nSPS) is 10.7. The molecule has 0 spiro atoms. The van der Waals surface area contributed by atoms with Gasteiger partial charge in [-0.3, -0.25) is 0 Å². The van der Waals surface area contributed by atoms with Crippen molar-refractivity contribution in [3.63, 3.8) is 0 Å². The van der Waals surface area contributed by atoms with Gasteiger partial charge in [-0.05, 0) is 6.92 Å². The van der Waals surface area contributed by atoms with Crippen LogP contribution in [0.5, 0.6) is 0 Å². The molecule has 5 heteroatoms. The molecule has 0 bridgehead atoms. The molecular weight excluding hydrogens is 180 g/mol. The molecule has 0 fully saturated rings. The van der Waals surface area contributed by atoms with Gasteiger partial charge in [-0.2, -0.15) is 0 Å². The topological polar surface area (TPSA) is 73.8 Å². The summed E-state index contributed by atoms with van der Waals surface area (Å²) in [5.74, 6) is 0.766. The minimum atomic E-state index is -0.00817. The molecule has 0 saturated carbocycles. The molecule has 0 aliphatic rings. The van der Waals surface area contributed by atoms with Crippen molar-refractivity contribution in [2.75, 3.05) is 11.9 Å². The van der Waals surface area contributed by atoms with Gasteiger partial charge < -0.3 is 15.4 Å². The van der Waals surface area contributed by atoms with Crippen LogP contribution in [-0.2, 0) is 6.61 Å². The molecule has 0 radical (unpaired) electrons. The van der Waals surface area contributed by atoms with E-state index >= 15 is 0 Å². The number of rotatable bonds is 3. The lowest BCUT2D eigenvalue weighted by Gasteiger charge is -2.03. The van der Waals surface area contributed by atoms with Gasteiger partial charge in [0.1, 0.15) is 17.8 Å². The fraction of sp³-hybridized carbons (Fsp3) is 0.333. The SMILES string of the molecule is CCNc1ncnc2[nH]cc(CO)c12. The average molecular weight is 192 g/mol. The van der Waals surface area contributed by atoms with Crippen LogP contribution in [-0.4, -0.2) is 26.6 Å². The molecule has 14 heavy (non-hydrogen) atoms. The lowest BCUT2D eigenvalue weighted by molar-refractivity contribution is 0.283. The fourth-order valence-corrected chi connectivity index (χ4v) is 1.45. The lowest BCUT2D eigenvalue weighted by atomic mass is 10.2. The Balaban J connectivity index is 2.62. The lowest BCUT2D eigenvalue weighted by Crippen LogP contribution is -2.00. The highest BCUT2D eigenvalue weighted by molar-refractivity contribution is 5.90. The Hall–Kier alpha value is -1.62. The van der Waals surface area contributed by atoms with E-state index in [9.17, 15) is 0 Å². The van der Waals surface area contributed by atoms with Crippen molar-refractivity contribution < 1.29 is 5.11 Å². The maximum Gasteiger partial charge on any atom is 0.143 e. The van der Waals surface area contributed by atoms with E-state index in [4.69, 9.17) is 5.11 Å². The number of aliphatic hydroxyl groups excluding tert-OH is 1. The highest BCUT2D eigenvalue weighted by Crippen LogP contribution is 2.22. The molecule has 2 aromatic heterocycles. The van der Waals surface area contributed by atoms with E-state index in [0.29, 0.717) is 0 Å². The standard InChI is InChI=1S/C9H12N4O/c1-2-10-8-7-6(4-14)3-11-9(7)13-5-12-8/h3,5,14H,2,4H2,1H3,(H2,10,11,12,13). The number of hydrogen-bond acceptors (Lipinski definition) is 4. The van der Waals surface area contributed by atoms with Crippen LogP contribution in [0.1, 0.15) is 12.5 Å². The number of aromatic nitrogens is 3. The highest BCUT2D eigenvalue weighted by atomic mass is 16.3. The van der Waals surface area contributed by atoms with Crippen molar-refractivity contribution in [3.05, 3.63) is 18.1 Å². The number of nitrogens with one attached hydrogen (secondary N) is 2. The molecule has 0 aliphatic heterocycles. The molecule has 2 aromatic rings. The molecule has 0 atom stereocenters. The second-order valence-electron chi connectivity index (χ2n) is 2.95. The van der Waals surface area contributed by atoms with Crippen LogP contribution >= 0.6 is 0 Å². The Morgan fingerprint density at radius 1 is 1.50 bits per heavy atom. The van der Waals surface area contributed by atoms with E-state index < -0.39 is 0 Å². The largest absolute Gasteiger partial charge is 0.392 e. The monoisotopic (exact) mass is 192 g/mol. The number of hydrogen-bond donors (Lipinski definition) is 3. The third kappa shape index (κ3) is 1.31. The first-order valence-corrected chi connectivity index (χ1v) is 4.52. The highest BCUT2D eigenvalue weighted by Gasteiger charge is 2.08. The van der Waals surface area contributed by atoms with E-state index in [1.807, 2.05) is 6.92 Å². The number of aromatic amines is 1. The Labute approximate surface area is 81.2 Å². The summed E-state index contributed by atoms with van der Waals surface area (Å²) in [7, 11) is 0. The van der Waals surface area contributed by atoms with Gasteiger partial charge in [-0.25, -0.2) is 9.97 Å². The summed E-state index contributed by atoms with van der Waals surface area (Å²) in [5, 5.41) is 13.1. The van der Waals surface area contributed by atoms with E-state index in [2.05, 4.69) is 20.3 Å². The van der Waals surface area contributed by atoms with E-state index in [-0.39, 0.29) is 6.61 Å². The van der Waals surface area contributed by atoms with E-state index in [1.54, 1.807) is 6.20 Å².